The van der Waals surface area contributed by atoms with Crippen LogP contribution < -0.4 is 5.32 Å². The van der Waals surface area contributed by atoms with Crippen LogP contribution in [0.5, 0.6) is 0 Å². The molecule has 0 saturated carbocycles. The number of anilines is 1. The summed E-state index contributed by atoms with van der Waals surface area (Å²) in [7, 11) is 0. The van der Waals surface area contributed by atoms with Gasteiger partial charge in [0.2, 0.25) is 11.8 Å². The fourth-order valence-electron chi connectivity index (χ4n) is 1.24. The number of nitrogens with zero attached hydrogens (tertiary/aromatic N) is 2. The van der Waals surface area contributed by atoms with Crippen molar-refractivity contribution in [3.05, 3.63) is 39.8 Å². The molecule has 0 fully saturated rings. The van der Waals surface area contributed by atoms with Crippen LogP contribution in [-0.2, 0) is 6.54 Å². The Hall–Kier alpha value is -1.33. The SMILES string of the molecule is Cc1nnc(CNc2cc(Cl)c(F)c(Cl)c2)o1. The predicted octanol–water partition coefficient (Wildman–Crippen LogP) is 3.44. The predicted molar refractivity (Wildman–Crippen MR) is 62.8 cm³/mol. The monoisotopic (exact) mass is 275 g/mol. The van der Waals surface area contributed by atoms with Crippen molar-refractivity contribution in [3.8, 4) is 0 Å². The van der Waals surface area contributed by atoms with Crippen molar-refractivity contribution in [1.29, 1.82) is 0 Å². The van der Waals surface area contributed by atoms with E-state index in [0.717, 1.165) is 0 Å². The summed E-state index contributed by atoms with van der Waals surface area (Å²) in [6.45, 7) is 2.02. The third-order valence-corrected chi connectivity index (χ3v) is 2.55. The maximum atomic E-state index is 13.1. The van der Waals surface area contributed by atoms with E-state index in [1.54, 1.807) is 6.92 Å². The highest BCUT2D eigenvalue weighted by atomic mass is 35.5. The number of hydrogen-bond acceptors (Lipinski definition) is 4. The molecule has 2 rings (SSSR count). The van der Waals surface area contributed by atoms with Crippen LogP contribution in [0.3, 0.4) is 0 Å². The first kappa shape index (κ1) is 12.1. The van der Waals surface area contributed by atoms with Crippen LogP contribution in [0.1, 0.15) is 11.8 Å². The molecule has 0 saturated heterocycles. The third-order valence-electron chi connectivity index (χ3n) is 2.00. The van der Waals surface area contributed by atoms with Gasteiger partial charge in [0.25, 0.3) is 0 Å². The van der Waals surface area contributed by atoms with Crippen LogP contribution in [0.15, 0.2) is 16.5 Å². The van der Waals surface area contributed by atoms with Crippen molar-refractivity contribution >= 4 is 28.9 Å². The highest BCUT2D eigenvalue weighted by Crippen LogP contribution is 2.27. The van der Waals surface area contributed by atoms with Crippen molar-refractivity contribution in [3.63, 3.8) is 0 Å². The third kappa shape index (κ3) is 2.87. The number of rotatable bonds is 3. The topological polar surface area (TPSA) is 51.0 Å². The molecule has 1 heterocycles. The second-order valence-electron chi connectivity index (χ2n) is 3.32. The normalized spacial score (nSPS) is 10.6. The lowest BCUT2D eigenvalue weighted by Crippen LogP contribution is -2.00. The van der Waals surface area contributed by atoms with Crippen molar-refractivity contribution < 1.29 is 8.81 Å². The van der Waals surface area contributed by atoms with Gasteiger partial charge in [-0.3, -0.25) is 0 Å². The Kier molecular flexibility index (Phi) is 3.49. The molecule has 0 amide bonds. The van der Waals surface area contributed by atoms with E-state index >= 15 is 0 Å². The largest absolute Gasteiger partial charge is 0.424 e. The second kappa shape index (κ2) is 4.89. The van der Waals surface area contributed by atoms with Gasteiger partial charge in [-0.25, -0.2) is 4.39 Å². The van der Waals surface area contributed by atoms with Crippen LogP contribution in [-0.4, -0.2) is 10.2 Å². The van der Waals surface area contributed by atoms with Crippen molar-refractivity contribution in [2.24, 2.45) is 0 Å². The Bertz CT molecular complexity index is 521. The highest BCUT2D eigenvalue weighted by Gasteiger charge is 2.08. The maximum absolute atomic E-state index is 13.1. The number of benzene rings is 1. The first-order valence-electron chi connectivity index (χ1n) is 4.73. The van der Waals surface area contributed by atoms with Gasteiger partial charge in [-0.05, 0) is 12.1 Å². The Labute approximate surface area is 107 Å². The fraction of sp³-hybridized carbons (Fsp3) is 0.200. The smallest absolute Gasteiger partial charge is 0.235 e. The van der Waals surface area contributed by atoms with Gasteiger partial charge in [-0.2, -0.15) is 0 Å². The molecule has 0 unspecified atom stereocenters. The Morgan fingerprint density at radius 2 is 1.94 bits per heavy atom. The molecule has 17 heavy (non-hydrogen) atoms. The molecule has 0 aliphatic rings. The number of aromatic nitrogens is 2. The number of nitrogens with one attached hydrogen (secondary N) is 1. The molecule has 1 N–H and O–H groups in total. The van der Waals surface area contributed by atoms with Crippen LogP contribution in [0.2, 0.25) is 10.0 Å². The number of aryl methyl sites for hydroxylation is 1. The van der Waals surface area contributed by atoms with Gasteiger partial charge in [-0.15, -0.1) is 10.2 Å². The molecule has 1 aromatic heterocycles. The molecule has 0 bridgehead atoms. The molecular weight excluding hydrogens is 268 g/mol. The average Bonchev–Trinajstić information content (AvgIpc) is 2.69. The van der Waals surface area contributed by atoms with E-state index in [2.05, 4.69) is 15.5 Å². The molecular formula is C10H8Cl2FN3O. The first-order valence-corrected chi connectivity index (χ1v) is 5.49. The van der Waals surface area contributed by atoms with Gasteiger partial charge >= 0.3 is 0 Å². The molecule has 0 aliphatic heterocycles. The number of hydrogen-bond donors (Lipinski definition) is 1. The van der Waals surface area contributed by atoms with Gasteiger partial charge in [0.05, 0.1) is 16.6 Å². The highest BCUT2D eigenvalue weighted by molar-refractivity contribution is 6.35. The fourth-order valence-corrected chi connectivity index (χ4v) is 1.73. The minimum atomic E-state index is -0.632. The standard InChI is InChI=1S/C10H8Cl2FN3O/c1-5-15-16-9(17-5)4-14-6-2-7(11)10(13)8(12)3-6/h2-3,14H,4H2,1H3. The molecule has 0 spiro atoms. The lowest BCUT2D eigenvalue weighted by atomic mass is 10.3. The zero-order chi connectivity index (χ0) is 12.4. The quantitative estimate of drug-likeness (QED) is 0.872. The molecule has 2 aromatic rings. The first-order chi connectivity index (χ1) is 8.06. The van der Waals surface area contributed by atoms with Crippen molar-refractivity contribution in [2.75, 3.05) is 5.32 Å². The van der Waals surface area contributed by atoms with Crippen LogP contribution in [0.4, 0.5) is 10.1 Å². The van der Waals surface area contributed by atoms with Gasteiger partial charge in [-0.1, -0.05) is 23.2 Å². The minimum absolute atomic E-state index is 0.0401. The lowest BCUT2D eigenvalue weighted by molar-refractivity contribution is 0.475. The van der Waals surface area contributed by atoms with E-state index in [9.17, 15) is 4.39 Å². The second-order valence-corrected chi connectivity index (χ2v) is 4.14. The molecule has 0 atom stereocenters. The van der Waals surface area contributed by atoms with Gasteiger partial charge < -0.3 is 9.73 Å². The molecule has 0 radical (unpaired) electrons. The van der Waals surface area contributed by atoms with Gasteiger partial charge in [0.1, 0.15) is 0 Å². The van der Waals surface area contributed by atoms with E-state index < -0.39 is 5.82 Å². The lowest BCUT2D eigenvalue weighted by Gasteiger charge is -2.05. The van der Waals surface area contributed by atoms with Crippen LogP contribution in [0, 0.1) is 12.7 Å². The summed E-state index contributed by atoms with van der Waals surface area (Å²) in [5.41, 5.74) is 0.581. The summed E-state index contributed by atoms with van der Waals surface area (Å²) in [6, 6.07) is 2.87. The van der Waals surface area contributed by atoms with Gasteiger partial charge in [0, 0.05) is 12.6 Å². The van der Waals surface area contributed by atoms with Gasteiger partial charge in [0.15, 0.2) is 5.82 Å². The van der Waals surface area contributed by atoms with Crippen LogP contribution >= 0.6 is 23.2 Å². The van der Waals surface area contributed by atoms with E-state index in [1.165, 1.54) is 12.1 Å². The summed E-state index contributed by atoms with van der Waals surface area (Å²) in [4.78, 5) is 0. The van der Waals surface area contributed by atoms with E-state index in [4.69, 9.17) is 27.6 Å². The molecule has 4 nitrogen and oxygen atoms in total. The Morgan fingerprint density at radius 3 is 2.47 bits per heavy atom. The van der Waals surface area contributed by atoms with E-state index in [1.807, 2.05) is 0 Å². The average molecular weight is 276 g/mol. The van der Waals surface area contributed by atoms with Crippen molar-refractivity contribution in [2.45, 2.75) is 13.5 Å². The molecule has 7 heteroatoms. The van der Waals surface area contributed by atoms with Crippen LogP contribution in [0.25, 0.3) is 0 Å². The summed E-state index contributed by atoms with van der Waals surface area (Å²) in [6.07, 6.45) is 0. The number of halogens is 3. The summed E-state index contributed by atoms with van der Waals surface area (Å²) >= 11 is 11.3. The molecule has 0 aliphatic carbocycles. The van der Waals surface area contributed by atoms with E-state index in [-0.39, 0.29) is 10.0 Å². The zero-order valence-corrected chi connectivity index (χ0v) is 10.3. The molecule has 1 aromatic carbocycles. The Morgan fingerprint density at radius 1 is 1.29 bits per heavy atom. The minimum Gasteiger partial charge on any atom is -0.424 e. The summed E-state index contributed by atoms with van der Waals surface area (Å²) in [5.74, 6) is 0.281. The van der Waals surface area contributed by atoms with E-state index in [0.29, 0.717) is 24.0 Å². The summed E-state index contributed by atoms with van der Waals surface area (Å²) in [5, 5.41) is 10.4. The molecule has 90 valence electrons. The van der Waals surface area contributed by atoms with Crippen molar-refractivity contribution in [1.82, 2.24) is 10.2 Å². The maximum Gasteiger partial charge on any atom is 0.235 e. The zero-order valence-electron chi connectivity index (χ0n) is 8.80. The Balaban J connectivity index is 2.09. The summed E-state index contributed by atoms with van der Waals surface area (Å²) < 4.78 is 18.3.